The van der Waals surface area contributed by atoms with Crippen LogP contribution in [0.3, 0.4) is 0 Å². The van der Waals surface area contributed by atoms with E-state index in [-0.39, 0.29) is 17.6 Å². The van der Waals surface area contributed by atoms with E-state index in [4.69, 9.17) is 0 Å². The summed E-state index contributed by atoms with van der Waals surface area (Å²) in [6.07, 6.45) is 0.389. The molecule has 1 aliphatic carbocycles. The Labute approximate surface area is 187 Å². The SMILES string of the molecule is O=C(NCCCNC1C(=O)C(=[NH+]CCCNC(=O)c2ccccc2)C1O)c1ccccc1. The van der Waals surface area contributed by atoms with Gasteiger partial charge >= 0.3 is 0 Å². The summed E-state index contributed by atoms with van der Waals surface area (Å²) in [6.45, 7) is 1.92. The van der Waals surface area contributed by atoms with Gasteiger partial charge in [0.15, 0.2) is 6.10 Å². The van der Waals surface area contributed by atoms with Gasteiger partial charge in [-0.3, -0.25) is 14.4 Å². The number of benzene rings is 2. The molecule has 0 spiro atoms. The number of carbonyl (C=O) groups is 3. The highest BCUT2D eigenvalue weighted by atomic mass is 16.3. The minimum Gasteiger partial charge on any atom is -0.380 e. The van der Waals surface area contributed by atoms with Crippen molar-refractivity contribution in [2.45, 2.75) is 25.0 Å². The van der Waals surface area contributed by atoms with Crippen LogP contribution in [0.1, 0.15) is 33.6 Å². The van der Waals surface area contributed by atoms with Gasteiger partial charge in [0.05, 0.1) is 0 Å². The molecule has 0 radical (unpaired) electrons. The van der Waals surface area contributed by atoms with Crippen molar-refractivity contribution in [3.05, 3.63) is 71.8 Å². The van der Waals surface area contributed by atoms with Gasteiger partial charge in [0.2, 0.25) is 5.78 Å². The van der Waals surface area contributed by atoms with Crippen molar-refractivity contribution >= 4 is 23.3 Å². The second kappa shape index (κ2) is 11.9. The van der Waals surface area contributed by atoms with Crippen LogP contribution in [0.25, 0.3) is 0 Å². The standard InChI is InChI=1S/C24H28N4O4/c29-21-19(25-13-7-15-27-23(31)17-9-3-1-4-10-17)22(30)20(21)26-14-8-16-28-24(32)18-11-5-2-6-12-18/h1-6,9-12,19,21,25,29H,7-8,13-16H2,(H,27,31)(H,28,32)/p+1. The molecular formula is C24H29N4O4+. The Bertz CT molecular complexity index is 947. The summed E-state index contributed by atoms with van der Waals surface area (Å²) < 4.78 is 0. The van der Waals surface area contributed by atoms with Gasteiger partial charge in [-0.15, -0.1) is 0 Å². The number of Topliss-reactive ketones (excluding diaryl/α,β-unsaturated/α-hetero) is 1. The van der Waals surface area contributed by atoms with E-state index in [0.29, 0.717) is 55.9 Å². The lowest BCUT2D eigenvalue weighted by molar-refractivity contribution is -0.461. The van der Waals surface area contributed by atoms with Gasteiger partial charge in [0, 0.05) is 30.6 Å². The molecular weight excluding hydrogens is 408 g/mol. The first-order chi connectivity index (χ1) is 15.6. The average Bonchev–Trinajstić information content (AvgIpc) is 2.84. The first kappa shape index (κ1) is 23.3. The molecule has 0 heterocycles. The quantitative estimate of drug-likeness (QED) is 0.290. The highest BCUT2D eigenvalue weighted by Gasteiger charge is 2.50. The van der Waals surface area contributed by atoms with Crippen LogP contribution < -0.4 is 20.9 Å². The normalized spacial score (nSPS) is 18.8. The molecule has 2 aromatic rings. The fourth-order valence-electron chi connectivity index (χ4n) is 3.37. The molecule has 0 bridgehead atoms. The van der Waals surface area contributed by atoms with Crippen molar-refractivity contribution in [3.8, 4) is 0 Å². The fraction of sp³-hybridized carbons (Fsp3) is 0.333. The van der Waals surface area contributed by atoms with Crippen molar-refractivity contribution < 1.29 is 24.5 Å². The van der Waals surface area contributed by atoms with Crippen LogP contribution in [0, 0.1) is 0 Å². The molecule has 8 nitrogen and oxygen atoms in total. The lowest BCUT2D eigenvalue weighted by Gasteiger charge is -2.29. The molecule has 2 unspecified atom stereocenters. The smallest absolute Gasteiger partial charge is 0.251 e. The van der Waals surface area contributed by atoms with Crippen molar-refractivity contribution in [1.29, 1.82) is 0 Å². The van der Waals surface area contributed by atoms with Crippen molar-refractivity contribution in [1.82, 2.24) is 16.0 Å². The molecule has 2 aromatic carbocycles. The zero-order chi connectivity index (χ0) is 22.8. The summed E-state index contributed by atoms with van der Waals surface area (Å²) >= 11 is 0. The van der Waals surface area contributed by atoms with Crippen molar-refractivity contribution in [3.63, 3.8) is 0 Å². The van der Waals surface area contributed by atoms with E-state index in [2.05, 4.69) is 20.9 Å². The molecule has 2 atom stereocenters. The van der Waals surface area contributed by atoms with E-state index in [1.54, 1.807) is 24.3 Å². The predicted molar refractivity (Wildman–Crippen MR) is 120 cm³/mol. The van der Waals surface area contributed by atoms with Gasteiger partial charge in [-0.25, -0.2) is 4.99 Å². The average molecular weight is 438 g/mol. The molecule has 0 aromatic heterocycles. The number of aliphatic hydroxyl groups is 1. The molecule has 1 aliphatic rings. The molecule has 8 heteroatoms. The summed E-state index contributed by atoms with van der Waals surface area (Å²) in [5.74, 6) is -0.425. The second-order valence-electron chi connectivity index (χ2n) is 7.53. The third-order valence-electron chi connectivity index (χ3n) is 5.19. The predicted octanol–water partition coefficient (Wildman–Crippen LogP) is -0.950. The Balaban J connectivity index is 1.28. The van der Waals surface area contributed by atoms with E-state index in [0.717, 1.165) is 0 Å². The van der Waals surface area contributed by atoms with Crippen molar-refractivity contribution in [2.24, 2.45) is 0 Å². The van der Waals surface area contributed by atoms with E-state index in [1.165, 1.54) is 0 Å². The van der Waals surface area contributed by atoms with E-state index in [9.17, 15) is 19.5 Å². The molecule has 32 heavy (non-hydrogen) atoms. The number of hydrogen-bond donors (Lipinski definition) is 5. The highest BCUT2D eigenvalue weighted by Crippen LogP contribution is 2.09. The Morgan fingerprint density at radius 2 is 1.34 bits per heavy atom. The van der Waals surface area contributed by atoms with Gasteiger partial charge < -0.3 is 21.1 Å². The number of nitrogens with one attached hydrogen (secondary N) is 4. The minimum atomic E-state index is -0.875. The maximum absolute atomic E-state index is 12.2. The van der Waals surface area contributed by atoms with Crippen LogP contribution in [0.2, 0.25) is 0 Å². The van der Waals surface area contributed by atoms with Gasteiger partial charge in [-0.1, -0.05) is 36.4 Å². The molecule has 5 N–H and O–H groups in total. The number of rotatable bonds is 11. The zero-order valence-corrected chi connectivity index (χ0v) is 17.8. The third kappa shape index (κ3) is 6.32. The number of amides is 2. The van der Waals surface area contributed by atoms with Crippen LogP contribution in [-0.4, -0.2) is 66.7 Å². The molecule has 168 valence electrons. The van der Waals surface area contributed by atoms with Gasteiger partial charge in [0.1, 0.15) is 12.6 Å². The first-order valence-corrected chi connectivity index (χ1v) is 10.8. The molecule has 0 aliphatic heterocycles. The van der Waals surface area contributed by atoms with Gasteiger partial charge in [-0.05, 0) is 37.2 Å². The summed E-state index contributed by atoms with van der Waals surface area (Å²) in [5.41, 5.74) is 1.51. The molecule has 1 saturated carbocycles. The number of carbonyl (C=O) groups excluding carboxylic acids is 3. The van der Waals surface area contributed by atoms with E-state index in [1.807, 2.05) is 36.4 Å². The van der Waals surface area contributed by atoms with Crippen LogP contribution in [-0.2, 0) is 4.79 Å². The lowest BCUT2D eigenvalue weighted by Crippen LogP contribution is -2.85. The van der Waals surface area contributed by atoms with Crippen LogP contribution in [0.4, 0.5) is 0 Å². The Morgan fingerprint density at radius 3 is 1.88 bits per heavy atom. The van der Waals surface area contributed by atoms with Crippen LogP contribution >= 0.6 is 0 Å². The Morgan fingerprint density at radius 1 is 0.812 bits per heavy atom. The van der Waals surface area contributed by atoms with E-state index < -0.39 is 12.1 Å². The van der Waals surface area contributed by atoms with Crippen LogP contribution in [0.5, 0.6) is 0 Å². The summed E-state index contributed by atoms with van der Waals surface area (Å²) in [5, 5.41) is 18.9. The summed E-state index contributed by atoms with van der Waals surface area (Å²) in [6, 6.07) is 17.3. The monoisotopic (exact) mass is 437 g/mol. The zero-order valence-electron chi connectivity index (χ0n) is 17.8. The van der Waals surface area contributed by atoms with Crippen molar-refractivity contribution in [2.75, 3.05) is 26.2 Å². The lowest BCUT2D eigenvalue weighted by atomic mass is 9.84. The van der Waals surface area contributed by atoms with Gasteiger partial charge in [-0.2, -0.15) is 0 Å². The fourth-order valence-corrected chi connectivity index (χ4v) is 3.37. The third-order valence-corrected chi connectivity index (χ3v) is 5.19. The largest absolute Gasteiger partial charge is 0.380 e. The number of hydrogen-bond acceptors (Lipinski definition) is 5. The molecule has 2 amide bonds. The highest BCUT2D eigenvalue weighted by molar-refractivity contribution is 6.48. The maximum atomic E-state index is 12.2. The second-order valence-corrected chi connectivity index (χ2v) is 7.53. The molecule has 1 fully saturated rings. The Kier molecular flexibility index (Phi) is 8.65. The minimum absolute atomic E-state index is 0.134. The number of ketones is 1. The Hall–Kier alpha value is -3.36. The maximum Gasteiger partial charge on any atom is 0.251 e. The van der Waals surface area contributed by atoms with E-state index >= 15 is 0 Å². The first-order valence-electron chi connectivity index (χ1n) is 10.8. The topological polar surface area (TPSA) is 122 Å². The molecule has 0 saturated heterocycles. The summed E-state index contributed by atoms with van der Waals surface area (Å²) in [7, 11) is 0. The van der Waals surface area contributed by atoms with Gasteiger partial charge in [0.25, 0.3) is 17.5 Å². The molecule has 3 rings (SSSR count). The summed E-state index contributed by atoms with van der Waals surface area (Å²) in [4.78, 5) is 39.1. The number of aliphatic hydroxyl groups excluding tert-OH is 1. The van der Waals surface area contributed by atoms with Crippen LogP contribution in [0.15, 0.2) is 60.7 Å².